The second-order valence-corrected chi connectivity index (χ2v) is 2.52. The number of ether oxygens (including phenoxy) is 2. The molecular formula is C9H15NO2. The molecule has 1 aliphatic heterocycles. The molecule has 0 N–H and O–H groups in total. The Labute approximate surface area is 73.1 Å². The number of aliphatic imine (C=N–C) groups is 1. The first-order valence-electron chi connectivity index (χ1n) is 4.28. The van der Waals surface area contributed by atoms with Gasteiger partial charge >= 0.3 is 0 Å². The molecule has 0 aromatic heterocycles. The molecule has 3 heteroatoms. The van der Waals surface area contributed by atoms with E-state index in [-0.39, 0.29) is 0 Å². The van der Waals surface area contributed by atoms with Crippen LogP contribution in [0.4, 0.5) is 0 Å². The van der Waals surface area contributed by atoms with E-state index in [1.165, 1.54) is 0 Å². The molecule has 0 spiro atoms. The second-order valence-electron chi connectivity index (χ2n) is 2.52. The molecule has 68 valence electrons. The van der Waals surface area contributed by atoms with E-state index in [0.29, 0.717) is 13.2 Å². The summed E-state index contributed by atoms with van der Waals surface area (Å²) in [6.07, 6.45) is 4.76. The van der Waals surface area contributed by atoms with Crippen LogP contribution in [0.15, 0.2) is 17.1 Å². The zero-order valence-corrected chi connectivity index (χ0v) is 7.45. The molecule has 1 rings (SSSR count). The van der Waals surface area contributed by atoms with E-state index in [1.807, 2.05) is 19.1 Å². The van der Waals surface area contributed by atoms with Crippen LogP contribution in [0.5, 0.6) is 0 Å². The minimum Gasteiger partial charge on any atom is -0.479 e. The Balaban J connectivity index is 1.95. The highest BCUT2D eigenvalue weighted by molar-refractivity contribution is 5.77. The molecule has 0 bridgehead atoms. The van der Waals surface area contributed by atoms with E-state index < -0.39 is 0 Å². The maximum absolute atomic E-state index is 5.29. The second kappa shape index (κ2) is 5.77. The Hall–Kier alpha value is -0.830. The Bertz CT molecular complexity index is 175. The van der Waals surface area contributed by atoms with Gasteiger partial charge in [0.1, 0.15) is 6.61 Å². The van der Waals surface area contributed by atoms with Gasteiger partial charge in [-0.25, -0.2) is 0 Å². The largest absolute Gasteiger partial charge is 0.479 e. The van der Waals surface area contributed by atoms with Crippen molar-refractivity contribution in [1.29, 1.82) is 0 Å². The molecule has 0 aromatic rings. The number of allylic oxidation sites excluding steroid dienone is 1. The van der Waals surface area contributed by atoms with Crippen LogP contribution in [-0.2, 0) is 9.47 Å². The monoisotopic (exact) mass is 169 g/mol. The molecule has 12 heavy (non-hydrogen) atoms. The minimum absolute atomic E-state index is 0.684. The van der Waals surface area contributed by atoms with Crippen LogP contribution >= 0.6 is 0 Å². The summed E-state index contributed by atoms with van der Waals surface area (Å²) in [6.45, 7) is 4.91. The van der Waals surface area contributed by atoms with Gasteiger partial charge in [-0.15, -0.1) is 0 Å². The van der Waals surface area contributed by atoms with Gasteiger partial charge in [0.05, 0.1) is 19.8 Å². The smallest absolute Gasteiger partial charge is 0.185 e. The topological polar surface area (TPSA) is 30.8 Å². The van der Waals surface area contributed by atoms with Crippen molar-refractivity contribution < 1.29 is 9.47 Å². The molecule has 0 aromatic carbocycles. The zero-order chi connectivity index (χ0) is 8.65. The Kier molecular flexibility index (Phi) is 4.46. The highest BCUT2D eigenvalue weighted by Gasteiger charge is 2.05. The van der Waals surface area contributed by atoms with Crippen molar-refractivity contribution in [1.82, 2.24) is 0 Å². The van der Waals surface area contributed by atoms with Crippen molar-refractivity contribution in [2.45, 2.75) is 13.3 Å². The summed E-state index contributed by atoms with van der Waals surface area (Å²) >= 11 is 0. The first-order chi connectivity index (χ1) is 5.93. The van der Waals surface area contributed by atoms with Gasteiger partial charge in [-0.3, -0.25) is 4.99 Å². The van der Waals surface area contributed by atoms with Gasteiger partial charge < -0.3 is 9.47 Å². The standard InChI is InChI=1S/C9H15NO2/c1-2-3-6-11-7-4-9-10-5-8-12-9/h2-3H,4-8H2,1H3. The number of hydrogen-bond acceptors (Lipinski definition) is 3. The molecule has 0 fully saturated rings. The molecule has 0 saturated heterocycles. The SMILES string of the molecule is CC=CCOCCC1=NCCO1. The van der Waals surface area contributed by atoms with Gasteiger partial charge in [-0.2, -0.15) is 0 Å². The Morgan fingerprint density at radius 3 is 3.25 bits per heavy atom. The van der Waals surface area contributed by atoms with Gasteiger partial charge in [-0.1, -0.05) is 12.2 Å². The zero-order valence-electron chi connectivity index (χ0n) is 7.45. The summed E-state index contributed by atoms with van der Waals surface area (Å²) in [5.74, 6) is 0.843. The summed E-state index contributed by atoms with van der Waals surface area (Å²) in [5.41, 5.74) is 0. The van der Waals surface area contributed by atoms with Gasteiger partial charge in [0.25, 0.3) is 0 Å². The predicted octanol–water partition coefficient (Wildman–Crippen LogP) is 1.40. The quantitative estimate of drug-likeness (QED) is 0.460. The first-order valence-corrected chi connectivity index (χ1v) is 4.28. The summed E-state index contributed by atoms with van der Waals surface area (Å²) in [4.78, 5) is 4.15. The molecule has 0 unspecified atom stereocenters. The van der Waals surface area contributed by atoms with Crippen molar-refractivity contribution in [3.05, 3.63) is 12.2 Å². The Morgan fingerprint density at radius 1 is 1.67 bits per heavy atom. The van der Waals surface area contributed by atoms with Gasteiger partial charge in [0.2, 0.25) is 0 Å². The fourth-order valence-corrected chi connectivity index (χ4v) is 0.938. The summed E-state index contributed by atoms with van der Waals surface area (Å²) in [7, 11) is 0. The fourth-order valence-electron chi connectivity index (χ4n) is 0.938. The lowest BCUT2D eigenvalue weighted by Gasteiger charge is -2.01. The maximum Gasteiger partial charge on any atom is 0.185 e. The number of hydrogen-bond donors (Lipinski definition) is 0. The fraction of sp³-hybridized carbons (Fsp3) is 0.667. The third-order valence-corrected chi connectivity index (χ3v) is 1.56. The van der Waals surface area contributed by atoms with Crippen molar-refractivity contribution in [2.75, 3.05) is 26.4 Å². The van der Waals surface area contributed by atoms with Crippen LogP contribution in [0.25, 0.3) is 0 Å². The molecule has 0 aliphatic carbocycles. The number of nitrogens with zero attached hydrogens (tertiary/aromatic N) is 1. The van der Waals surface area contributed by atoms with Crippen LogP contribution < -0.4 is 0 Å². The molecule has 3 nitrogen and oxygen atoms in total. The molecule has 1 aliphatic rings. The molecule has 0 atom stereocenters. The van der Waals surface area contributed by atoms with Gasteiger partial charge in [-0.05, 0) is 6.92 Å². The predicted molar refractivity (Wildman–Crippen MR) is 48.5 cm³/mol. The van der Waals surface area contributed by atoms with Crippen LogP contribution in [-0.4, -0.2) is 32.3 Å². The lowest BCUT2D eigenvalue weighted by atomic mass is 10.4. The number of rotatable bonds is 5. The highest BCUT2D eigenvalue weighted by atomic mass is 16.5. The average molecular weight is 169 g/mol. The lowest BCUT2D eigenvalue weighted by Crippen LogP contribution is -2.04. The van der Waals surface area contributed by atoms with Crippen LogP contribution in [0.1, 0.15) is 13.3 Å². The highest BCUT2D eigenvalue weighted by Crippen LogP contribution is 1.98. The summed E-state index contributed by atoms with van der Waals surface area (Å²) in [5, 5.41) is 0. The molecule has 0 saturated carbocycles. The van der Waals surface area contributed by atoms with E-state index >= 15 is 0 Å². The van der Waals surface area contributed by atoms with Crippen LogP contribution in [0, 0.1) is 0 Å². The van der Waals surface area contributed by atoms with Crippen molar-refractivity contribution >= 4 is 5.90 Å². The summed E-state index contributed by atoms with van der Waals surface area (Å²) in [6, 6.07) is 0. The normalized spacial score (nSPS) is 16.6. The van der Waals surface area contributed by atoms with E-state index in [1.54, 1.807) is 0 Å². The molecular weight excluding hydrogens is 154 g/mol. The van der Waals surface area contributed by atoms with Gasteiger partial charge in [0, 0.05) is 6.42 Å². The first kappa shape index (κ1) is 9.26. The maximum atomic E-state index is 5.29. The van der Waals surface area contributed by atoms with E-state index in [0.717, 1.165) is 25.5 Å². The van der Waals surface area contributed by atoms with Gasteiger partial charge in [0.15, 0.2) is 5.90 Å². The average Bonchev–Trinajstić information content (AvgIpc) is 2.57. The van der Waals surface area contributed by atoms with Crippen LogP contribution in [0.3, 0.4) is 0 Å². The van der Waals surface area contributed by atoms with E-state index in [2.05, 4.69) is 4.99 Å². The van der Waals surface area contributed by atoms with Crippen molar-refractivity contribution in [3.63, 3.8) is 0 Å². The lowest BCUT2D eigenvalue weighted by molar-refractivity contribution is 0.165. The summed E-state index contributed by atoms with van der Waals surface area (Å²) < 4.78 is 10.5. The molecule has 0 amide bonds. The third-order valence-electron chi connectivity index (χ3n) is 1.56. The van der Waals surface area contributed by atoms with E-state index in [4.69, 9.17) is 9.47 Å². The minimum atomic E-state index is 0.684. The third kappa shape index (κ3) is 3.53. The van der Waals surface area contributed by atoms with Crippen molar-refractivity contribution in [2.24, 2.45) is 4.99 Å². The van der Waals surface area contributed by atoms with E-state index in [9.17, 15) is 0 Å². The Morgan fingerprint density at radius 2 is 2.58 bits per heavy atom. The molecule has 0 radical (unpaired) electrons. The molecule has 1 heterocycles. The van der Waals surface area contributed by atoms with Crippen molar-refractivity contribution in [3.8, 4) is 0 Å². The van der Waals surface area contributed by atoms with Crippen LogP contribution in [0.2, 0.25) is 0 Å².